The quantitative estimate of drug-likeness (QED) is 0.568. The van der Waals surface area contributed by atoms with E-state index in [1.807, 2.05) is 18.0 Å². The van der Waals surface area contributed by atoms with Gasteiger partial charge in [-0.15, -0.1) is 0 Å². The fourth-order valence-corrected chi connectivity index (χ4v) is 1.45. The number of hydrogen-bond acceptors (Lipinski definition) is 5. The van der Waals surface area contributed by atoms with Crippen molar-refractivity contribution in [1.82, 2.24) is 4.98 Å². The molecule has 98 valence electrons. The Morgan fingerprint density at radius 1 is 1.39 bits per heavy atom. The third kappa shape index (κ3) is 3.84. The molecule has 0 saturated carbocycles. The first kappa shape index (κ1) is 14.2. The first-order valence-corrected chi connectivity index (χ1v) is 5.85. The smallest absolute Gasteiger partial charge is 0.307 e. The third-order valence-corrected chi connectivity index (χ3v) is 2.67. The number of aromatic nitrogens is 1. The summed E-state index contributed by atoms with van der Waals surface area (Å²) in [5.41, 5.74) is 1.34. The number of pyridine rings is 1. The van der Waals surface area contributed by atoms with Gasteiger partial charge >= 0.3 is 5.97 Å². The molecule has 1 rings (SSSR count). The molecule has 0 radical (unpaired) electrons. The van der Waals surface area contributed by atoms with Gasteiger partial charge in [0.05, 0.1) is 25.4 Å². The summed E-state index contributed by atoms with van der Waals surface area (Å²) in [5.74, 6) is -0.216. The Bertz CT molecular complexity index is 415. The maximum absolute atomic E-state index is 11.4. The summed E-state index contributed by atoms with van der Waals surface area (Å²) in [4.78, 5) is 28.4. The minimum atomic E-state index is -0.243. The molecule has 0 aromatic carbocycles. The van der Waals surface area contributed by atoms with Gasteiger partial charge in [-0.1, -0.05) is 6.92 Å². The third-order valence-electron chi connectivity index (χ3n) is 2.67. The van der Waals surface area contributed by atoms with Crippen molar-refractivity contribution in [2.75, 3.05) is 25.6 Å². The van der Waals surface area contributed by atoms with Gasteiger partial charge in [-0.25, -0.2) is 0 Å². The Labute approximate surface area is 107 Å². The van der Waals surface area contributed by atoms with Crippen LogP contribution in [0.4, 0.5) is 5.69 Å². The molecule has 1 heterocycles. The summed E-state index contributed by atoms with van der Waals surface area (Å²) in [6.07, 6.45) is 2.41. The molecule has 5 heteroatoms. The second-order valence-electron chi connectivity index (χ2n) is 3.93. The number of rotatable bonds is 6. The predicted molar refractivity (Wildman–Crippen MR) is 68.8 cm³/mol. The van der Waals surface area contributed by atoms with Crippen LogP contribution in [-0.2, 0) is 9.53 Å². The maximum Gasteiger partial charge on any atom is 0.307 e. The van der Waals surface area contributed by atoms with E-state index >= 15 is 0 Å². The Morgan fingerprint density at radius 3 is 2.61 bits per heavy atom. The van der Waals surface area contributed by atoms with E-state index in [-0.39, 0.29) is 11.8 Å². The van der Waals surface area contributed by atoms with Gasteiger partial charge in [0.2, 0.25) is 0 Å². The van der Waals surface area contributed by atoms with Crippen LogP contribution in [0.5, 0.6) is 0 Å². The molecule has 0 N–H and O–H groups in total. The van der Waals surface area contributed by atoms with Gasteiger partial charge in [-0.05, 0) is 12.1 Å². The highest BCUT2D eigenvalue weighted by Gasteiger charge is 2.08. The second-order valence-corrected chi connectivity index (χ2v) is 3.93. The second kappa shape index (κ2) is 6.74. The molecule has 0 fully saturated rings. The summed E-state index contributed by atoms with van der Waals surface area (Å²) in [6, 6.07) is 3.53. The van der Waals surface area contributed by atoms with Crippen LogP contribution in [0.3, 0.4) is 0 Å². The van der Waals surface area contributed by atoms with E-state index in [0.29, 0.717) is 25.1 Å². The molecule has 0 atom stereocenters. The van der Waals surface area contributed by atoms with E-state index in [1.165, 1.54) is 7.11 Å². The lowest BCUT2D eigenvalue weighted by atomic mass is 10.2. The Balaban J connectivity index is 2.61. The predicted octanol–water partition coefficient (Wildman–Crippen LogP) is 1.67. The topological polar surface area (TPSA) is 59.5 Å². The van der Waals surface area contributed by atoms with Gasteiger partial charge in [0, 0.05) is 20.0 Å². The van der Waals surface area contributed by atoms with Gasteiger partial charge in [-0.3, -0.25) is 14.6 Å². The fourth-order valence-electron chi connectivity index (χ4n) is 1.45. The lowest BCUT2D eigenvalue weighted by Crippen LogP contribution is -2.21. The molecule has 0 aliphatic rings. The van der Waals surface area contributed by atoms with E-state index < -0.39 is 0 Å². The molecule has 1 aromatic rings. The number of ether oxygens (including phenoxy) is 1. The van der Waals surface area contributed by atoms with Crippen molar-refractivity contribution in [1.29, 1.82) is 0 Å². The summed E-state index contributed by atoms with van der Waals surface area (Å²) in [6.45, 7) is 2.36. The standard InChI is InChI=1S/C13H18N2O3/c1-4-12(16)11-6-5-10(9-14-11)15(2)8-7-13(17)18-3/h5-6,9H,4,7-8H2,1-3H3. The molecule has 0 spiro atoms. The van der Waals surface area contributed by atoms with Gasteiger partial charge in [0.1, 0.15) is 5.69 Å². The number of hydrogen-bond donors (Lipinski definition) is 0. The van der Waals surface area contributed by atoms with Crippen molar-refractivity contribution < 1.29 is 14.3 Å². The number of anilines is 1. The Kier molecular flexibility index (Phi) is 5.30. The van der Waals surface area contributed by atoms with Crippen molar-refractivity contribution in [3.8, 4) is 0 Å². The number of nitrogens with zero attached hydrogens (tertiary/aromatic N) is 2. The van der Waals surface area contributed by atoms with Crippen molar-refractivity contribution in [2.45, 2.75) is 19.8 Å². The molecular formula is C13H18N2O3. The molecule has 5 nitrogen and oxygen atoms in total. The van der Waals surface area contributed by atoms with Gasteiger partial charge in [0.25, 0.3) is 0 Å². The van der Waals surface area contributed by atoms with Crippen LogP contribution in [-0.4, -0.2) is 37.4 Å². The van der Waals surface area contributed by atoms with Gasteiger partial charge in [-0.2, -0.15) is 0 Å². The molecule has 0 unspecified atom stereocenters. The number of carbonyl (C=O) groups excluding carboxylic acids is 2. The first-order chi connectivity index (χ1) is 8.58. The molecule has 1 aromatic heterocycles. The molecule has 0 aliphatic heterocycles. The van der Waals surface area contributed by atoms with E-state index in [0.717, 1.165) is 5.69 Å². The Morgan fingerprint density at radius 2 is 2.11 bits per heavy atom. The van der Waals surface area contributed by atoms with E-state index in [1.54, 1.807) is 19.2 Å². The summed E-state index contributed by atoms with van der Waals surface area (Å²) < 4.78 is 4.58. The lowest BCUT2D eigenvalue weighted by Gasteiger charge is -2.18. The SMILES string of the molecule is CCC(=O)c1ccc(N(C)CCC(=O)OC)cn1. The van der Waals surface area contributed by atoms with Crippen molar-refractivity contribution in [2.24, 2.45) is 0 Å². The molecule has 0 bridgehead atoms. The largest absolute Gasteiger partial charge is 0.469 e. The first-order valence-electron chi connectivity index (χ1n) is 5.85. The van der Waals surface area contributed by atoms with E-state index in [4.69, 9.17) is 0 Å². The zero-order valence-electron chi connectivity index (χ0n) is 11.0. The van der Waals surface area contributed by atoms with Crippen LogP contribution in [0.2, 0.25) is 0 Å². The highest BCUT2D eigenvalue weighted by molar-refractivity contribution is 5.94. The normalized spacial score (nSPS) is 9.94. The lowest BCUT2D eigenvalue weighted by molar-refractivity contribution is -0.140. The number of carbonyl (C=O) groups is 2. The molecule has 0 saturated heterocycles. The van der Waals surface area contributed by atoms with Crippen LogP contribution in [0.15, 0.2) is 18.3 Å². The highest BCUT2D eigenvalue weighted by Crippen LogP contribution is 2.12. The number of ketones is 1. The summed E-state index contributed by atoms with van der Waals surface area (Å²) in [5, 5.41) is 0. The van der Waals surface area contributed by atoms with Gasteiger partial charge in [0.15, 0.2) is 5.78 Å². The zero-order chi connectivity index (χ0) is 13.5. The summed E-state index contributed by atoms with van der Waals surface area (Å²) >= 11 is 0. The average molecular weight is 250 g/mol. The molecular weight excluding hydrogens is 232 g/mol. The highest BCUT2D eigenvalue weighted by atomic mass is 16.5. The molecule has 18 heavy (non-hydrogen) atoms. The molecule has 0 aliphatic carbocycles. The van der Waals surface area contributed by atoms with Crippen LogP contribution in [0, 0.1) is 0 Å². The average Bonchev–Trinajstić information content (AvgIpc) is 2.43. The minimum Gasteiger partial charge on any atom is -0.469 e. The maximum atomic E-state index is 11.4. The van der Waals surface area contributed by atoms with Crippen molar-refractivity contribution in [3.05, 3.63) is 24.0 Å². The number of esters is 1. The Hall–Kier alpha value is -1.91. The van der Waals surface area contributed by atoms with E-state index in [9.17, 15) is 9.59 Å². The monoisotopic (exact) mass is 250 g/mol. The summed E-state index contributed by atoms with van der Waals surface area (Å²) in [7, 11) is 3.23. The number of Topliss-reactive ketones (excluding diaryl/α,β-unsaturated/α-hetero) is 1. The van der Waals surface area contributed by atoms with Crippen molar-refractivity contribution >= 4 is 17.4 Å². The fraction of sp³-hybridized carbons (Fsp3) is 0.462. The van der Waals surface area contributed by atoms with Crippen LogP contribution < -0.4 is 4.90 Å². The van der Waals surface area contributed by atoms with Gasteiger partial charge < -0.3 is 9.64 Å². The van der Waals surface area contributed by atoms with E-state index in [2.05, 4.69) is 9.72 Å². The zero-order valence-corrected chi connectivity index (χ0v) is 11.0. The van der Waals surface area contributed by atoms with Crippen molar-refractivity contribution in [3.63, 3.8) is 0 Å². The van der Waals surface area contributed by atoms with Crippen LogP contribution in [0.25, 0.3) is 0 Å². The van der Waals surface area contributed by atoms with Crippen LogP contribution in [0.1, 0.15) is 30.3 Å². The number of methoxy groups -OCH3 is 1. The van der Waals surface area contributed by atoms with Crippen LogP contribution >= 0.6 is 0 Å². The minimum absolute atomic E-state index is 0.0266. The molecule has 0 amide bonds.